The van der Waals surface area contributed by atoms with Crippen LogP contribution in [0.1, 0.15) is 73.7 Å². The molecule has 0 spiro atoms. The van der Waals surface area contributed by atoms with E-state index in [9.17, 15) is 0 Å². The summed E-state index contributed by atoms with van der Waals surface area (Å²) in [6, 6.07) is 9.13. The van der Waals surface area contributed by atoms with Gasteiger partial charge in [-0.15, -0.1) is 0 Å². The van der Waals surface area contributed by atoms with Gasteiger partial charge in [-0.2, -0.15) is 0 Å². The van der Waals surface area contributed by atoms with E-state index in [0.717, 1.165) is 11.8 Å². The summed E-state index contributed by atoms with van der Waals surface area (Å²) in [6.45, 7) is 9.35. The van der Waals surface area contributed by atoms with Crippen molar-refractivity contribution in [1.82, 2.24) is 0 Å². The summed E-state index contributed by atoms with van der Waals surface area (Å²) in [4.78, 5) is 0. The summed E-state index contributed by atoms with van der Waals surface area (Å²) < 4.78 is 1.36. The van der Waals surface area contributed by atoms with Crippen molar-refractivity contribution in [1.29, 1.82) is 0 Å². The predicted molar refractivity (Wildman–Crippen MR) is 91.6 cm³/mol. The molecule has 0 aromatic heterocycles. The molecular formula is C18H28Li2. The van der Waals surface area contributed by atoms with Crippen molar-refractivity contribution >= 4 is 35.4 Å². The number of hydrogen-bond acceptors (Lipinski definition) is 0. The summed E-state index contributed by atoms with van der Waals surface area (Å²) in [5.41, 5.74) is 3.17. The molecule has 0 aliphatic rings. The van der Waals surface area contributed by atoms with Crippen molar-refractivity contribution < 1.29 is 0 Å². The molecule has 0 heterocycles. The molecule has 0 amide bonds. The maximum absolute atomic E-state index is 2.40. The number of benzene rings is 1. The average Bonchev–Trinajstić information content (AvgIpc) is 2.46. The van der Waals surface area contributed by atoms with Crippen molar-refractivity contribution in [3.05, 3.63) is 35.4 Å². The van der Waals surface area contributed by atoms with Crippen LogP contribution in [0.15, 0.2) is 24.3 Å². The van der Waals surface area contributed by atoms with Gasteiger partial charge in [-0.05, 0) is 0 Å². The minimum atomic E-state index is 0.681. The fourth-order valence-corrected chi connectivity index (χ4v) is 3.20. The zero-order valence-electron chi connectivity index (χ0n) is 14.4. The van der Waals surface area contributed by atoms with Gasteiger partial charge in [-0.1, -0.05) is 0 Å². The average molecular weight is 258 g/mol. The zero-order valence-corrected chi connectivity index (χ0v) is 14.4. The van der Waals surface area contributed by atoms with Crippen molar-refractivity contribution in [2.45, 2.75) is 62.6 Å². The van der Waals surface area contributed by atoms with Gasteiger partial charge >= 0.3 is 145 Å². The molecule has 0 aliphatic carbocycles. The molecule has 1 aromatic rings. The van der Waals surface area contributed by atoms with Crippen LogP contribution in [0.5, 0.6) is 0 Å². The third-order valence-electron chi connectivity index (χ3n) is 4.96. The first-order valence-corrected chi connectivity index (χ1v) is 8.58. The first kappa shape index (κ1) is 18.5. The molecule has 0 aliphatic heterocycles. The van der Waals surface area contributed by atoms with E-state index in [1.54, 1.807) is 11.1 Å². The Kier molecular flexibility index (Phi) is 8.71. The zero-order chi connectivity index (χ0) is 15.1. The quantitative estimate of drug-likeness (QED) is 0.577. The second-order valence-electron chi connectivity index (χ2n) is 6.93. The van der Waals surface area contributed by atoms with Gasteiger partial charge in [0.15, 0.2) is 0 Å². The van der Waals surface area contributed by atoms with E-state index in [2.05, 4.69) is 87.4 Å². The molecule has 0 bridgehead atoms. The fourth-order valence-electron chi connectivity index (χ4n) is 3.20. The third kappa shape index (κ3) is 5.66. The van der Waals surface area contributed by atoms with Crippen LogP contribution < -0.4 is 0 Å². The fraction of sp³-hybridized carbons (Fsp3) is 0.667. The SMILES string of the molecule is [Li][CH](CC(C)CC)c1ccccc1[CH]([Li])CC(C)CC. The Balaban J connectivity index is 2.86. The van der Waals surface area contributed by atoms with Gasteiger partial charge in [0.25, 0.3) is 0 Å². The Morgan fingerprint density at radius 2 is 1.15 bits per heavy atom. The van der Waals surface area contributed by atoms with E-state index in [1.165, 1.54) is 25.7 Å². The molecule has 2 heteroatoms. The molecule has 20 heavy (non-hydrogen) atoms. The van der Waals surface area contributed by atoms with E-state index in [0.29, 0.717) is 9.18 Å². The van der Waals surface area contributed by atoms with Crippen LogP contribution in [0.4, 0.5) is 0 Å². The van der Waals surface area contributed by atoms with Crippen LogP contribution in [0, 0.1) is 11.8 Å². The first-order valence-electron chi connectivity index (χ1n) is 8.58. The summed E-state index contributed by atoms with van der Waals surface area (Å²) in [5.74, 6) is 1.64. The van der Waals surface area contributed by atoms with Crippen LogP contribution in [0.3, 0.4) is 0 Å². The van der Waals surface area contributed by atoms with Crippen molar-refractivity contribution in [3.63, 3.8) is 0 Å². The normalized spacial score (nSPS) is 17.6. The van der Waals surface area contributed by atoms with Crippen LogP contribution in [0.25, 0.3) is 0 Å². The maximum atomic E-state index is 2.40. The van der Waals surface area contributed by atoms with Gasteiger partial charge in [0.2, 0.25) is 0 Å². The predicted octanol–water partition coefficient (Wildman–Crippen LogP) is 4.98. The summed E-state index contributed by atoms with van der Waals surface area (Å²) >= 11 is 4.81. The van der Waals surface area contributed by atoms with Crippen LogP contribution in [0.2, 0.25) is 0 Å². The molecule has 0 radical (unpaired) electrons. The Morgan fingerprint density at radius 1 is 0.800 bits per heavy atom. The molecule has 0 fully saturated rings. The second kappa shape index (κ2) is 9.44. The van der Waals surface area contributed by atoms with Gasteiger partial charge in [-0.25, -0.2) is 0 Å². The Hall–Kier alpha value is 0.415. The number of hydrogen-bond donors (Lipinski definition) is 0. The topological polar surface area (TPSA) is 0 Å². The van der Waals surface area contributed by atoms with Gasteiger partial charge in [0.05, 0.1) is 0 Å². The molecule has 4 atom stereocenters. The summed E-state index contributed by atoms with van der Waals surface area (Å²) in [7, 11) is 0. The Morgan fingerprint density at radius 3 is 1.45 bits per heavy atom. The minimum absolute atomic E-state index is 0.681. The van der Waals surface area contributed by atoms with E-state index < -0.39 is 0 Å². The first-order chi connectivity index (χ1) is 9.49. The Labute approximate surface area is 144 Å². The summed E-state index contributed by atoms with van der Waals surface area (Å²) in [6.07, 6.45) is 5.19. The monoisotopic (exact) mass is 258 g/mol. The molecule has 4 unspecified atom stereocenters. The van der Waals surface area contributed by atoms with Gasteiger partial charge in [-0.3, -0.25) is 0 Å². The van der Waals surface area contributed by atoms with Gasteiger partial charge in [0, 0.05) is 0 Å². The van der Waals surface area contributed by atoms with Crippen molar-refractivity contribution in [3.8, 4) is 0 Å². The molecule has 0 N–H and O–H groups in total. The molecule has 1 aromatic carbocycles. The molecule has 0 saturated heterocycles. The number of rotatable bonds is 8. The third-order valence-corrected chi connectivity index (χ3v) is 4.96. The van der Waals surface area contributed by atoms with Crippen LogP contribution >= 0.6 is 0 Å². The van der Waals surface area contributed by atoms with Gasteiger partial charge < -0.3 is 0 Å². The van der Waals surface area contributed by atoms with E-state index in [-0.39, 0.29) is 0 Å². The van der Waals surface area contributed by atoms with Crippen LogP contribution in [-0.2, 0) is 0 Å². The van der Waals surface area contributed by atoms with E-state index in [1.807, 2.05) is 0 Å². The Bertz CT molecular complexity index is 352. The van der Waals surface area contributed by atoms with Crippen LogP contribution in [-0.4, -0.2) is 35.4 Å². The molecule has 0 saturated carbocycles. The van der Waals surface area contributed by atoms with E-state index >= 15 is 0 Å². The van der Waals surface area contributed by atoms with Gasteiger partial charge in [0.1, 0.15) is 0 Å². The summed E-state index contributed by atoms with van der Waals surface area (Å²) in [5, 5.41) is 0. The molecule has 1 rings (SSSR count). The van der Waals surface area contributed by atoms with Crippen molar-refractivity contribution in [2.75, 3.05) is 0 Å². The van der Waals surface area contributed by atoms with E-state index in [4.69, 9.17) is 0 Å². The van der Waals surface area contributed by atoms with Crippen molar-refractivity contribution in [2.24, 2.45) is 11.8 Å². The molecule has 102 valence electrons. The second-order valence-corrected chi connectivity index (χ2v) is 6.93. The molecular weight excluding hydrogens is 230 g/mol. The standard InChI is InChI=1S/C18H28.2Li/c1-5-15(3)11-13-17-9-7-8-10-18(17)14-12-16(4)6-2;;/h7-10,13-16H,5-6,11-12H2,1-4H3;;. The molecule has 0 nitrogen and oxygen atoms in total.